The summed E-state index contributed by atoms with van der Waals surface area (Å²) in [5.41, 5.74) is 4.28. The van der Waals surface area contributed by atoms with Gasteiger partial charge in [0.25, 0.3) is 11.8 Å². The minimum atomic E-state index is -0.396. The van der Waals surface area contributed by atoms with E-state index in [9.17, 15) is 19.2 Å². The van der Waals surface area contributed by atoms with Crippen LogP contribution < -0.4 is 21.3 Å². The van der Waals surface area contributed by atoms with E-state index < -0.39 is 11.8 Å². The van der Waals surface area contributed by atoms with Gasteiger partial charge in [-0.3, -0.25) is 19.2 Å². The second-order valence-corrected chi connectivity index (χ2v) is 12.4. The fourth-order valence-corrected chi connectivity index (χ4v) is 5.92. The third-order valence-corrected chi connectivity index (χ3v) is 8.66. The fourth-order valence-electron chi connectivity index (χ4n) is 5.92. The molecule has 0 aliphatic heterocycles. The highest BCUT2D eigenvalue weighted by molar-refractivity contribution is 6.13. The molecule has 0 saturated carbocycles. The van der Waals surface area contributed by atoms with Gasteiger partial charge in [-0.25, -0.2) is 0 Å². The van der Waals surface area contributed by atoms with E-state index in [-0.39, 0.29) is 11.8 Å². The lowest BCUT2D eigenvalue weighted by molar-refractivity contribution is -0.112. The normalized spacial score (nSPS) is 11.1. The van der Waals surface area contributed by atoms with E-state index in [2.05, 4.69) is 21.3 Å². The van der Waals surface area contributed by atoms with Gasteiger partial charge in [0.2, 0.25) is 11.8 Å². The van der Waals surface area contributed by atoms with Crippen LogP contribution >= 0.6 is 0 Å². The summed E-state index contributed by atoms with van der Waals surface area (Å²) in [6.07, 6.45) is 6.11. The second-order valence-electron chi connectivity index (χ2n) is 12.4. The molecule has 54 heavy (non-hydrogen) atoms. The van der Waals surface area contributed by atoms with Crippen LogP contribution in [0.4, 0.5) is 22.7 Å². The average molecular weight is 707 g/mol. The molecule has 0 atom stereocenters. The molecule has 0 heterocycles. The van der Waals surface area contributed by atoms with Crippen LogP contribution in [0.2, 0.25) is 0 Å². The molecule has 0 bridgehead atoms. The first kappa shape index (κ1) is 34.9. The van der Waals surface area contributed by atoms with Crippen molar-refractivity contribution in [2.24, 2.45) is 0 Å². The van der Waals surface area contributed by atoms with E-state index in [0.717, 1.165) is 32.7 Å². The van der Waals surface area contributed by atoms with Crippen molar-refractivity contribution in [1.29, 1.82) is 0 Å². The van der Waals surface area contributed by atoms with Gasteiger partial charge in [-0.05, 0) is 93.4 Å². The number of anilines is 4. The molecular formula is C46H34N4O4. The Morgan fingerprint density at radius 3 is 1.17 bits per heavy atom. The minimum Gasteiger partial charge on any atom is -0.322 e. The zero-order valence-corrected chi connectivity index (χ0v) is 29.0. The third kappa shape index (κ3) is 8.65. The maximum Gasteiger partial charge on any atom is 0.257 e. The van der Waals surface area contributed by atoms with Crippen molar-refractivity contribution < 1.29 is 19.2 Å². The van der Waals surface area contributed by atoms with Crippen molar-refractivity contribution >= 4 is 80.1 Å². The molecule has 4 amide bonds. The molecule has 0 fully saturated rings. The molecule has 0 aromatic heterocycles. The molecule has 0 saturated heterocycles. The van der Waals surface area contributed by atoms with Crippen LogP contribution in [0.5, 0.6) is 0 Å². The summed E-state index contributed by atoms with van der Waals surface area (Å²) in [6, 6.07) is 48.1. The molecule has 7 aromatic carbocycles. The summed E-state index contributed by atoms with van der Waals surface area (Å²) >= 11 is 0. The minimum absolute atomic E-state index is 0.334. The van der Waals surface area contributed by atoms with Crippen molar-refractivity contribution in [2.75, 3.05) is 21.3 Å². The number of nitrogens with one attached hydrogen (secondary N) is 4. The second kappa shape index (κ2) is 16.2. The standard InChI is InChI=1S/C46H34N4O4/c51-43(49-41-15-7-5-13-39(41)45(53)47-37-25-23-33-9-1-3-11-35(33)29-37)27-21-31-17-19-32(20-18-31)22-28-44(52)50-42-16-8-6-14-40(42)46(54)48-38-26-24-34-10-2-4-12-36(34)30-38/h1-30H,(H,47,53)(H,48,54)(H,49,51)(H,50,52). The largest absolute Gasteiger partial charge is 0.322 e. The zero-order chi connectivity index (χ0) is 37.3. The van der Waals surface area contributed by atoms with Crippen LogP contribution in [-0.4, -0.2) is 23.6 Å². The molecule has 0 aliphatic carbocycles. The van der Waals surface area contributed by atoms with Gasteiger partial charge in [0, 0.05) is 23.5 Å². The first-order valence-electron chi connectivity index (χ1n) is 17.2. The predicted molar refractivity (Wildman–Crippen MR) is 218 cm³/mol. The highest BCUT2D eigenvalue weighted by atomic mass is 16.2. The van der Waals surface area contributed by atoms with E-state index in [1.165, 1.54) is 12.2 Å². The first-order chi connectivity index (χ1) is 26.4. The number of carbonyl (C=O) groups is 4. The fraction of sp³-hybridized carbons (Fsp3) is 0. The molecule has 0 spiro atoms. The van der Waals surface area contributed by atoms with Crippen molar-refractivity contribution in [1.82, 2.24) is 0 Å². The van der Waals surface area contributed by atoms with E-state index in [1.54, 1.807) is 60.7 Å². The maximum absolute atomic E-state index is 13.2. The van der Waals surface area contributed by atoms with Gasteiger partial charge in [-0.1, -0.05) is 109 Å². The summed E-state index contributed by atoms with van der Waals surface area (Å²) < 4.78 is 0. The molecule has 4 N–H and O–H groups in total. The zero-order valence-electron chi connectivity index (χ0n) is 29.0. The van der Waals surface area contributed by atoms with Crippen molar-refractivity contribution in [3.63, 3.8) is 0 Å². The highest BCUT2D eigenvalue weighted by Crippen LogP contribution is 2.23. The Morgan fingerprint density at radius 1 is 0.370 bits per heavy atom. The van der Waals surface area contributed by atoms with Gasteiger partial charge >= 0.3 is 0 Å². The van der Waals surface area contributed by atoms with E-state index in [4.69, 9.17) is 0 Å². The van der Waals surface area contributed by atoms with Crippen LogP contribution in [0.3, 0.4) is 0 Å². The van der Waals surface area contributed by atoms with Crippen LogP contribution in [-0.2, 0) is 9.59 Å². The summed E-state index contributed by atoms with van der Waals surface area (Å²) in [5.74, 6) is -1.47. The Hall–Kier alpha value is -7.58. The summed E-state index contributed by atoms with van der Waals surface area (Å²) in [5, 5.41) is 15.6. The van der Waals surface area contributed by atoms with Gasteiger partial charge in [0.05, 0.1) is 22.5 Å². The number of amides is 4. The van der Waals surface area contributed by atoms with Crippen molar-refractivity contribution in [2.45, 2.75) is 0 Å². The Labute approximate surface area is 311 Å². The summed E-state index contributed by atoms with van der Waals surface area (Å²) in [7, 11) is 0. The molecule has 0 aliphatic rings. The molecule has 0 unspecified atom stereocenters. The number of carbonyl (C=O) groups excluding carboxylic acids is 4. The molecular weight excluding hydrogens is 673 g/mol. The third-order valence-electron chi connectivity index (χ3n) is 8.66. The van der Waals surface area contributed by atoms with Crippen molar-refractivity contribution in [3.8, 4) is 0 Å². The number of hydrogen-bond donors (Lipinski definition) is 4. The molecule has 7 rings (SSSR count). The van der Waals surface area contributed by atoms with E-state index >= 15 is 0 Å². The molecule has 0 radical (unpaired) electrons. The lowest BCUT2D eigenvalue weighted by Gasteiger charge is -2.11. The van der Waals surface area contributed by atoms with E-state index in [1.807, 2.05) is 109 Å². The molecule has 7 aromatic rings. The average Bonchev–Trinajstić information content (AvgIpc) is 3.20. The van der Waals surface area contributed by atoms with Gasteiger partial charge in [-0.2, -0.15) is 0 Å². The number of hydrogen-bond acceptors (Lipinski definition) is 4. The van der Waals surface area contributed by atoms with Crippen LogP contribution in [0.1, 0.15) is 31.8 Å². The van der Waals surface area contributed by atoms with Gasteiger partial charge in [0.15, 0.2) is 0 Å². The van der Waals surface area contributed by atoms with E-state index in [0.29, 0.717) is 33.9 Å². The highest BCUT2D eigenvalue weighted by Gasteiger charge is 2.14. The topological polar surface area (TPSA) is 116 Å². The van der Waals surface area contributed by atoms with Crippen molar-refractivity contribution in [3.05, 3.63) is 192 Å². The molecule has 8 nitrogen and oxygen atoms in total. The number of fused-ring (bicyclic) bond motifs is 2. The number of para-hydroxylation sites is 2. The van der Waals surface area contributed by atoms with Gasteiger partial charge in [0.1, 0.15) is 0 Å². The number of rotatable bonds is 10. The molecule has 262 valence electrons. The quantitative estimate of drug-likeness (QED) is 0.106. The Bertz CT molecular complexity index is 2410. The monoisotopic (exact) mass is 706 g/mol. The van der Waals surface area contributed by atoms with Gasteiger partial charge < -0.3 is 21.3 Å². The lowest BCUT2D eigenvalue weighted by atomic mass is 10.1. The van der Waals surface area contributed by atoms with Crippen LogP contribution in [0.25, 0.3) is 33.7 Å². The Kier molecular flexibility index (Phi) is 10.4. The summed E-state index contributed by atoms with van der Waals surface area (Å²) in [4.78, 5) is 52.0. The molecule has 8 heteroatoms. The van der Waals surface area contributed by atoms with Crippen LogP contribution in [0.15, 0.2) is 170 Å². The maximum atomic E-state index is 13.2. The lowest BCUT2D eigenvalue weighted by Crippen LogP contribution is -2.17. The van der Waals surface area contributed by atoms with Crippen LogP contribution in [0, 0.1) is 0 Å². The predicted octanol–water partition coefficient (Wildman–Crippen LogP) is 9.80. The van der Waals surface area contributed by atoms with Gasteiger partial charge in [-0.15, -0.1) is 0 Å². The first-order valence-corrected chi connectivity index (χ1v) is 17.2. The SMILES string of the molecule is O=C(C=Cc1ccc(C=CC(=O)Nc2ccccc2C(=O)Nc2ccc3ccccc3c2)cc1)Nc1ccccc1C(=O)Nc1ccc2ccccc2c1. The Morgan fingerprint density at radius 2 is 0.741 bits per heavy atom. The smallest absolute Gasteiger partial charge is 0.257 e. The Balaban J connectivity index is 0.931. The summed E-state index contributed by atoms with van der Waals surface area (Å²) in [6.45, 7) is 0. The number of benzene rings is 7.